The highest BCUT2D eigenvalue weighted by molar-refractivity contribution is 7.98. The number of nitrogens with two attached hydrogens (primary N) is 1. The summed E-state index contributed by atoms with van der Waals surface area (Å²) >= 11 is 1.39. The maximum atomic E-state index is 13.3. The van der Waals surface area contributed by atoms with Crippen LogP contribution in [0.2, 0.25) is 0 Å². The van der Waals surface area contributed by atoms with Crippen LogP contribution in [-0.2, 0) is 5.75 Å². The maximum Gasteiger partial charge on any atom is 0.138 e. The van der Waals surface area contributed by atoms with Crippen LogP contribution in [0.5, 0.6) is 0 Å². The summed E-state index contributed by atoms with van der Waals surface area (Å²) < 4.78 is 18.5. The minimum atomic E-state index is -0.286. The summed E-state index contributed by atoms with van der Waals surface area (Å²) in [5.41, 5.74) is 5.89. The van der Waals surface area contributed by atoms with Gasteiger partial charge in [0.25, 0.3) is 0 Å². The van der Waals surface area contributed by atoms with Crippen LogP contribution in [0.15, 0.2) is 45.9 Å². The fourth-order valence-corrected chi connectivity index (χ4v) is 2.00. The largest absolute Gasteiger partial charge is 0.468 e. The van der Waals surface area contributed by atoms with E-state index in [1.54, 1.807) is 18.4 Å². The molecule has 0 radical (unpaired) electrons. The third-order valence-corrected chi connectivity index (χ3v) is 2.98. The quantitative estimate of drug-likeness (QED) is 0.641. The Morgan fingerprint density at radius 1 is 1.33 bits per heavy atom. The zero-order valence-corrected chi connectivity index (χ0v) is 8.76. The number of benzene rings is 1. The Labute approximate surface area is 91.3 Å². The zero-order valence-electron chi connectivity index (χ0n) is 7.94. The average molecular weight is 223 g/mol. The van der Waals surface area contributed by atoms with Crippen molar-refractivity contribution >= 4 is 17.4 Å². The van der Waals surface area contributed by atoms with Gasteiger partial charge in [-0.25, -0.2) is 4.39 Å². The van der Waals surface area contributed by atoms with Gasteiger partial charge in [0.2, 0.25) is 0 Å². The molecule has 2 nitrogen and oxygen atoms in total. The third kappa shape index (κ3) is 2.53. The lowest BCUT2D eigenvalue weighted by Crippen LogP contribution is -1.88. The third-order valence-electron chi connectivity index (χ3n) is 1.91. The monoisotopic (exact) mass is 223 g/mol. The molecule has 0 saturated carbocycles. The highest BCUT2D eigenvalue weighted by atomic mass is 32.2. The molecule has 0 spiro atoms. The number of rotatable bonds is 3. The predicted octanol–water partition coefficient (Wildman–Crippen LogP) is 3.29. The zero-order chi connectivity index (χ0) is 10.7. The Morgan fingerprint density at radius 2 is 2.20 bits per heavy atom. The second-order valence-corrected chi connectivity index (χ2v) is 4.08. The van der Waals surface area contributed by atoms with Crippen molar-refractivity contribution in [2.75, 3.05) is 5.73 Å². The molecule has 2 aromatic rings. The Bertz CT molecular complexity index is 442. The molecule has 0 bridgehead atoms. The van der Waals surface area contributed by atoms with Gasteiger partial charge >= 0.3 is 0 Å². The summed E-state index contributed by atoms with van der Waals surface area (Å²) in [5.74, 6) is 1.16. The fourth-order valence-electron chi connectivity index (χ4n) is 1.18. The SMILES string of the molecule is Nc1ccc(SCc2ccco2)c(F)c1. The van der Waals surface area contributed by atoms with E-state index in [4.69, 9.17) is 10.2 Å². The molecule has 0 amide bonds. The molecular weight excluding hydrogens is 213 g/mol. The molecule has 2 rings (SSSR count). The van der Waals surface area contributed by atoms with Crippen LogP contribution in [0.3, 0.4) is 0 Å². The van der Waals surface area contributed by atoms with Crippen molar-refractivity contribution in [3.63, 3.8) is 0 Å². The number of nitrogen functional groups attached to an aromatic ring is 1. The van der Waals surface area contributed by atoms with Crippen molar-refractivity contribution in [3.05, 3.63) is 48.2 Å². The molecule has 0 aliphatic heterocycles. The van der Waals surface area contributed by atoms with Crippen molar-refractivity contribution in [1.29, 1.82) is 0 Å². The molecule has 0 aliphatic rings. The molecule has 0 aliphatic carbocycles. The molecule has 1 aromatic heterocycles. The van der Waals surface area contributed by atoms with Crippen LogP contribution < -0.4 is 5.73 Å². The highest BCUT2D eigenvalue weighted by Crippen LogP contribution is 2.26. The first kappa shape index (κ1) is 10.1. The first-order valence-electron chi connectivity index (χ1n) is 4.46. The van der Waals surface area contributed by atoms with Crippen LogP contribution >= 0.6 is 11.8 Å². The van der Waals surface area contributed by atoms with Gasteiger partial charge in [-0.1, -0.05) is 0 Å². The van der Waals surface area contributed by atoms with Crippen LogP contribution in [-0.4, -0.2) is 0 Å². The summed E-state index contributed by atoms with van der Waals surface area (Å²) in [5, 5.41) is 0. The smallest absolute Gasteiger partial charge is 0.138 e. The second-order valence-electron chi connectivity index (χ2n) is 3.06. The van der Waals surface area contributed by atoms with E-state index < -0.39 is 0 Å². The number of hydrogen-bond acceptors (Lipinski definition) is 3. The van der Waals surface area contributed by atoms with Crippen molar-refractivity contribution in [3.8, 4) is 0 Å². The molecule has 0 fully saturated rings. The van der Waals surface area contributed by atoms with E-state index in [0.717, 1.165) is 5.76 Å². The highest BCUT2D eigenvalue weighted by Gasteiger charge is 2.04. The number of hydrogen-bond donors (Lipinski definition) is 1. The molecule has 0 unspecified atom stereocenters. The Morgan fingerprint density at radius 3 is 2.87 bits per heavy atom. The van der Waals surface area contributed by atoms with E-state index in [1.165, 1.54) is 17.8 Å². The lowest BCUT2D eigenvalue weighted by Gasteiger charge is -2.02. The Hall–Kier alpha value is -1.42. The van der Waals surface area contributed by atoms with Gasteiger partial charge in [-0.2, -0.15) is 0 Å². The standard InChI is InChI=1S/C11H10FNOS/c12-10-6-8(13)3-4-11(10)15-7-9-2-1-5-14-9/h1-6H,7,13H2. The van der Waals surface area contributed by atoms with Crippen LogP contribution in [0, 0.1) is 5.82 Å². The molecule has 4 heteroatoms. The Balaban J connectivity index is 2.05. The first-order valence-corrected chi connectivity index (χ1v) is 5.44. The van der Waals surface area contributed by atoms with E-state index in [-0.39, 0.29) is 5.82 Å². The number of thioether (sulfide) groups is 1. The van der Waals surface area contributed by atoms with Gasteiger partial charge in [0.1, 0.15) is 11.6 Å². The van der Waals surface area contributed by atoms with Gasteiger partial charge in [0.05, 0.1) is 12.0 Å². The van der Waals surface area contributed by atoms with E-state index in [2.05, 4.69) is 0 Å². The first-order chi connectivity index (χ1) is 7.25. The molecule has 15 heavy (non-hydrogen) atoms. The maximum absolute atomic E-state index is 13.3. The van der Waals surface area contributed by atoms with E-state index in [1.807, 2.05) is 12.1 Å². The minimum absolute atomic E-state index is 0.286. The number of halogens is 1. The van der Waals surface area contributed by atoms with Gasteiger partial charge in [-0.15, -0.1) is 11.8 Å². The lowest BCUT2D eigenvalue weighted by molar-refractivity contribution is 0.530. The molecule has 1 aromatic carbocycles. The van der Waals surface area contributed by atoms with Crippen molar-refractivity contribution in [1.82, 2.24) is 0 Å². The van der Waals surface area contributed by atoms with Gasteiger partial charge in [0.15, 0.2) is 0 Å². The predicted molar refractivity (Wildman–Crippen MR) is 59.1 cm³/mol. The van der Waals surface area contributed by atoms with Crippen molar-refractivity contribution < 1.29 is 8.81 Å². The average Bonchev–Trinajstić information content (AvgIpc) is 2.69. The molecule has 0 saturated heterocycles. The summed E-state index contributed by atoms with van der Waals surface area (Å²) in [6.45, 7) is 0. The van der Waals surface area contributed by atoms with Crippen molar-refractivity contribution in [2.45, 2.75) is 10.6 Å². The molecule has 0 atom stereocenters. The van der Waals surface area contributed by atoms with Crippen LogP contribution in [0.4, 0.5) is 10.1 Å². The Kier molecular flexibility index (Phi) is 2.97. The van der Waals surface area contributed by atoms with Gasteiger partial charge in [0, 0.05) is 10.6 Å². The topological polar surface area (TPSA) is 39.2 Å². The van der Waals surface area contributed by atoms with Crippen LogP contribution in [0.1, 0.15) is 5.76 Å². The summed E-state index contributed by atoms with van der Waals surface area (Å²) in [6, 6.07) is 8.37. The summed E-state index contributed by atoms with van der Waals surface area (Å²) in [4.78, 5) is 0.584. The van der Waals surface area contributed by atoms with Crippen LogP contribution in [0.25, 0.3) is 0 Å². The minimum Gasteiger partial charge on any atom is -0.468 e. The fraction of sp³-hybridized carbons (Fsp3) is 0.0909. The van der Waals surface area contributed by atoms with Gasteiger partial charge in [-0.05, 0) is 30.3 Å². The summed E-state index contributed by atoms with van der Waals surface area (Å²) in [7, 11) is 0. The normalized spacial score (nSPS) is 10.5. The lowest BCUT2D eigenvalue weighted by atomic mass is 10.3. The van der Waals surface area contributed by atoms with E-state index in [9.17, 15) is 4.39 Å². The van der Waals surface area contributed by atoms with E-state index in [0.29, 0.717) is 16.3 Å². The van der Waals surface area contributed by atoms with Gasteiger partial charge < -0.3 is 10.2 Å². The number of furan rings is 1. The molecular formula is C11H10FNOS. The van der Waals surface area contributed by atoms with E-state index >= 15 is 0 Å². The summed E-state index contributed by atoms with van der Waals surface area (Å²) in [6.07, 6.45) is 1.61. The second kappa shape index (κ2) is 4.40. The molecule has 78 valence electrons. The number of anilines is 1. The van der Waals surface area contributed by atoms with Gasteiger partial charge in [-0.3, -0.25) is 0 Å². The molecule has 1 heterocycles. The van der Waals surface area contributed by atoms with Crippen molar-refractivity contribution in [2.24, 2.45) is 0 Å². The molecule has 2 N–H and O–H groups in total.